The van der Waals surface area contributed by atoms with Crippen LogP contribution in [0.4, 0.5) is 11.4 Å². The van der Waals surface area contributed by atoms with E-state index in [-0.39, 0.29) is 11.4 Å². The second-order valence-corrected chi connectivity index (χ2v) is 10.3. The monoisotopic (exact) mass is 559 g/mol. The summed E-state index contributed by atoms with van der Waals surface area (Å²) in [5.74, 6) is -5.01. The Kier molecular flexibility index (Phi) is 6.72. The fourth-order valence-electron chi connectivity index (χ4n) is 6.05. The molecule has 0 radical (unpaired) electrons. The Morgan fingerprint density at radius 3 is 2.07 bits per heavy atom. The molecule has 0 spiro atoms. The van der Waals surface area contributed by atoms with Crippen molar-refractivity contribution in [2.45, 2.75) is 11.6 Å². The lowest BCUT2D eigenvalue weighted by molar-refractivity contribution is -0.384. The van der Waals surface area contributed by atoms with Gasteiger partial charge in [-0.2, -0.15) is 0 Å². The van der Waals surface area contributed by atoms with Crippen molar-refractivity contribution in [2.24, 2.45) is 11.8 Å². The highest BCUT2D eigenvalue weighted by Gasteiger charge is 2.69. The van der Waals surface area contributed by atoms with Gasteiger partial charge in [0, 0.05) is 18.2 Å². The van der Waals surface area contributed by atoms with E-state index >= 15 is 0 Å². The summed E-state index contributed by atoms with van der Waals surface area (Å²) in [5.41, 5.74) is 0.740. The van der Waals surface area contributed by atoms with Crippen LogP contribution in [0.25, 0.3) is 12.2 Å². The number of non-ortho nitro benzene ring substituents is 1. The number of nitrogens with one attached hydrogen (secondary N) is 1. The summed E-state index contributed by atoms with van der Waals surface area (Å²) in [5, 5.41) is 25.3. The Morgan fingerprint density at radius 2 is 1.45 bits per heavy atom. The van der Waals surface area contributed by atoms with Crippen LogP contribution in [0.2, 0.25) is 0 Å². The van der Waals surface area contributed by atoms with Gasteiger partial charge in [0.2, 0.25) is 11.8 Å². The van der Waals surface area contributed by atoms with E-state index in [0.717, 1.165) is 22.1 Å². The van der Waals surface area contributed by atoms with Crippen molar-refractivity contribution in [3.05, 3.63) is 142 Å². The summed E-state index contributed by atoms with van der Waals surface area (Å²) < 4.78 is 0. The van der Waals surface area contributed by atoms with Gasteiger partial charge >= 0.3 is 5.97 Å². The number of carbonyl (C=O) groups is 3. The zero-order chi connectivity index (χ0) is 29.4. The smallest absolute Gasteiger partial charge is 0.329 e. The molecule has 9 heteroatoms. The molecular formula is C33H25N3O6. The Labute approximate surface area is 240 Å². The van der Waals surface area contributed by atoms with Crippen molar-refractivity contribution in [1.29, 1.82) is 0 Å². The molecule has 208 valence electrons. The molecule has 0 bridgehead atoms. The average molecular weight is 560 g/mol. The number of nitro groups is 1. The largest absolute Gasteiger partial charge is 0.480 e. The van der Waals surface area contributed by atoms with Crippen LogP contribution in [-0.4, -0.2) is 27.8 Å². The maximum Gasteiger partial charge on any atom is 0.329 e. The molecule has 2 fully saturated rings. The predicted octanol–water partition coefficient (Wildman–Crippen LogP) is 5.20. The number of amides is 2. The highest BCUT2D eigenvalue weighted by molar-refractivity contribution is 6.24. The number of carboxylic acid groups (broad SMARTS) is 1. The molecule has 2 N–H and O–H groups in total. The highest BCUT2D eigenvalue weighted by Crippen LogP contribution is 2.53. The van der Waals surface area contributed by atoms with E-state index in [1.807, 2.05) is 66.7 Å². The minimum absolute atomic E-state index is 0.0288. The fourth-order valence-corrected chi connectivity index (χ4v) is 6.05. The summed E-state index contributed by atoms with van der Waals surface area (Å²) in [6.45, 7) is 0. The van der Waals surface area contributed by atoms with E-state index in [4.69, 9.17) is 0 Å². The molecule has 2 heterocycles. The molecule has 4 atom stereocenters. The first-order valence-corrected chi connectivity index (χ1v) is 13.3. The van der Waals surface area contributed by atoms with Crippen LogP contribution in [0.3, 0.4) is 0 Å². The third-order valence-electron chi connectivity index (χ3n) is 7.99. The Morgan fingerprint density at radius 1 is 0.833 bits per heavy atom. The fraction of sp³-hybridized carbons (Fsp3) is 0.121. The lowest BCUT2D eigenvalue weighted by atomic mass is 9.75. The third kappa shape index (κ3) is 4.36. The zero-order valence-corrected chi connectivity index (χ0v) is 22.2. The molecule has 4 aromatic carbocycles. The number of imide groups is 1. The van der Waals surface area contributed by atoms with Crippen molar-refractivity contribution in [2.75, 3.05) is 4.90 Å². The summed E-state index contributed by atoms with van der Waals surface area (Å²) in [7, 11) is 0. The lowest BCUT2D eigenvalue weighted by Crippen LogP contribution is -2.53. The minimum Gasteiger partial charge on any atom is -0.480 e. The molecule has 2 amide bonds. The van der Waals surface area contributed by atoms with E-state index in [1.165, 1.54) is 18.2 Å². The first-order chi connectivity index (χ1) is 20.3. The quantitative estimate of drug-likeness (QED) is 0.138. The first kappa shape index (κ1) is 26.8. The summed E-state index contributed by atoms with van der Waals surface area (Å²) in [4.78, 5) is 52.9. The second-order valence-electron chi connectivity index (χ2n) is 10.3. The van der Waals surface area contributed by atoms with Gasteiger partial charge in [0.05, 0.1) is 22.4 Å². The highest BCUT2D eigenvalue weighted by atomic mass is 16.6. The molecule has 4 unspecified atom stereocenters. The normalized spacial score (nSPS) is 23.3. The summed E-state index contributed by atoms with van der Waals surface area (Å²) >= 11 is 0. The Bertz CT molecular complexity index is 1720. The molecular weight excluding hydrogens is 534 g/mol. The molecule has 6 rings (SSSR count). The zero-order valence-electron chi connectivity index (χ0n) is 22.2. The third-order valence-corrected chi connectivity index (χ3v) is 7.99. The molecule has 9 nitrogen and oxygen atoms in total. The molecule has 0 aromatic heterocycles. The van der Waals surface area contributed by atoms with Crippen LogP contribution in [0.5, 0.6) is 0 Å². The number of fused-ring (bicyclic) bond motifs is 1. The van der Waals surface area contributed by atoms with Crippen LogP contribution < -0.4 is 10.2 Å². The van der Waals surface area contributed by atoms with Crippen molar-refractivity contribution in [3.63, 3.8) is 0 Å². The number of anilines is 1. The second kappa shape index (κ2) is 10.5. The number of carbonyl (C=O) groups excluding carboxylic acids is 2. The number of rotatable bonds is 7. The molecule has 0 saturated carbocycles. The van der Waals surface area contributed by atoms with E-state index in [0.29, 0.717) is 11.1 Å². The number of carboxylic acids is 1. The number of nitro benzene ring substituents is 1. The predicted molar refractivity (Wildman–Crippen MR) is 156 cm³/mol. The van der Waals surface area contributed by atoms with E-state index in [2.05, 4.69) is 5.32 Å². The maximum atomic E-state index is 14.0. The first-order valence-electron chi connectivity index (χ1n) is 13.3. The van der Waals surface area contributed by atoms with Crippen LogP contribution >= 0.6 is 0 Å². The Hall–Kier alpha value is -5.41. The maximum absolute atomic E-state index is 14.0. The Balaban J connectivity index is 1.43. The molecule has 2 aliphatic rings. The van der Waals surface area contributed by atoms with Gasteiger partial charge in [-0.15, -0.1) is 0 Å². The van der Waals surface area contributed by atoms with Gasteiger partial charge < -0.3 is 5.11 Å². The van der Waals surface area contributed by atoms with Crippen LogP contribution in [0.1, 0.15) is 28.3 Å². The van der Waals surface area contributed by atoms with Crippen molar-refractivity contribution < 1.29 is 24.4 Å². The number of nitrogens with zero attached hydrogens (tertiary/aromatic N) is 2. The van der Waals surface area contributed by atoms with Crippen molar-refractivity contribution in [1.82, 2.24) is 5.32 Å². The number of aliphatic carboxylic acids is 1. The van der Waals surface area contributed by atoms with Crippen LogP contribution in [0, 0.1) is 22.0 Å². The minimum atomic E-state index is -1.91. The van der Waals surface area contributed by atoms with Crippen molar-refractivity contribution >= 4 is 41.3 Å². The van der Waals surface area contributed by atoms with Gasteiger partial charge in [0.15, 0.2) is 5.54 Å². The SMILES string of the molecule is O=C1C2C(c3ccc(C=Cc4ccccc4)cc3)NC(C(=O)O)(c3ccccc3)C2C(=O)N1c1cccc([N+](=O)[O-])c1. The van der Waals surface area contributed by atoms with E-state index < -0.39 is 46.1 Å². The van der Waals surface area contributed by atoms with Crippen LogP contribution in [0.15, 0.2) is 109 Å². The van der Waals surface area contributed by atoms with Gasteiger partial charge in [0.1, 0.15) is 0 Å². The number of hydrogen-bond acceptors (Lipinski definition) is 6. The average Bonchev–Trinajstić information content (AvgIpc) is 3.51. The van der Waals surface area contributed by atoms with Gasteiger partial charge in [0.25, 0.3) is 5.69 Å². The van der Waals surface area contributed by atoms with Gasteiger partial charge in [-0.25, -0.2) is 9.69 Å². The molecule has 42 heavy (non-hydrogen) atoms. The lowest BCUT2D eigenvalue weighted by Gasteiger charge is -2.31. The standard InChI is InChI=1S/C33H25N3O6/c37-30-27-28(31(38)35(30)25-12-7-13-26(20-25)36(41)42)33(32(39)40,24-10-5-2-6-11-24)34-29(27)23-18-16-22(17-19-23)15-14-21-8-3-1-4-9-21/h1-20,27-29,34H,(H,39,40). The van der Waals surface area contributed by atoms with Crippen molar-refractivity contribution in [3.8, 4) is 0 Å². The van der Waals surface area contributed by atoms with Gasteiger partial charge in [-0.3, -0.25) is 25.0 Å². The topological polar surface area (TPSA) is 130 Å². The number of hydrogen-bond donors (Lipinski definition) is 2. The van der Waals surface area contributed by atoms with Crippen LogP contribution in [-0.2, 0) is 19.9 Å². The summed E-state index contributed by atoms with van der Waals surface area (Å²) in [6.07, 6.45) is 3.92. The van der Waals surface area contributed by atoms with Gasteiger partial charge in [-0.1, -0.05) is 103 Å². The molecule has 2 saturated heterocycles. The van der Waals surface area contributed by atoms with Gasteiger partial charge in [-0.05, 0) is 28.3 Å². The van der Waals surface area contributed by atoms with E-state index in [1.54, 1.807) is 30.3 Å². The molecule has 4 aromatic rings. The molecule has 2 aliphatic heterocycles. The summed E-state index contributed by atoms with van der Waals surface area (Å²) in [6, 6.07) is 29.9. The number of benzene rings is 4. The van der Waals surface area contributed by atoms with E-state index in [9.17, 15) is 29.6 Å². The molecule has 0 aliphatic carbocycles.